The van der Waals surface area contributed by atoms with Gasteiger partial charge >= 0.3 is 0 Å². The Morgan fingerprint density at radius 3 is 2.45 bits per heavy atom. The summed E-state index contributed by atoms with van der Waals surface area (Å²) >= 11 is 0. The van der Waals surface area contributed by atoms with E-state index in [-0.39, 0.29) is 12.1 Å². The van der Waals surface area contributed by atoms with E-state index in [4.69, 9.17) is 10.5 Å². The molecule has 1 aromatic carbocycles. The van der Waals surface area contributed by atoms with Gasteiger partial charge in [-0.1, -0.05) is 18.2 Å². The minimum atomic E-state index is 0.00663. The van der Waals surface area contributed by atoms with Crippen LogP contribution in [-0.4, -0.2) is 11.1 Å². The predicted octanol–water partition coefficient (Wildman–Crippen LogP) is 3.86. The number of benzene rings is 1. The lowest BCUT2D eigenvalue weighted by atomic mass is 10.0. The molecule has 3 heteroatoms. The van der Waals surface area contributed by atoms with Crippen LogP contribution in [0.3, 0.4) is 0 Å². The van der Waals surface area contributed by atoms with Crippen LogP contribution in [0, 0.1) is 6.92 Å². The van der Waals surface area contributed by atoms with Crippen molar-refractivity contribution in [1.29, 1.82) is 0 Å². The van der Waals surface area contributed by atoms with Crippen LogP contribution < -0.4 is 10.5 Å². The minimum absolute atomic E-state index is 0.00663. The molecule has 2 aromatic rings. The largest absolute Gasteiger partial charge is 0.491 e. The highest BCUT2D eigenvalue weighted by atomic mass is 16.5. The van der Waals surface area contributed by atoms with Gasteiger partial charge in [0.05, 0.1) is 11.8 Å². The Labute approximate surface area is 120 Å². The average Bonchev–Trinajstić information content (AvgIpc) is 2.37. The van der Waals surface area contributed by atoms with E-state index >= 15 is 0 Å². The molecule has 0 aliphatic rings. The van der Waals surface area contributed by atoms with Crippen molar-refractivity contribution in [2.75, 3.05) is 0 Å². The monoisotopic (exact) mass is 270 g/mol. The van der Waals surface area contributed by atoms with E-state index in [1.807, 2.05) is 58.0 Å². The van der Waals surface area contributed by atoms with Gasteiger partial charge in [-0.3, -0.25) is 4.98 Å². The van der Waals surface area contributed by atoms with Crippen LogP contribution in [0.1, 0.15) is 38.1 Å². The van der Waals surface area contributed by atoms with E-state index in [9.17, 15) is 0 Å². The van der Waals surface area contributed by atoms with Gasteiger partial charge in [-0.15, -0.1) is 0 Å². The molecule has 2 rings (SSSR count). The fourth-order valence-electron chi connectivity index (χ4n) is 2.21. The summed E-state index contributed by atoms with van der Waals surface area (Å²) < 4.78 is 5.72. The van der Waals surface area contributed by atoms with E-state index in [0.717, 1.165) is 28.3 Å². The normalized spacial score (nSPS) is 12.5. The van der Waals surface area contributed by atoms with Crippen LogP contribution in [0.25, 0.3) is 11.3 Å². The predicted molar refractivity (Wildman–Crippen MR) is 82.8 cm³/mol. The molecule has 0 amide bonds. The number of pyridine rings is 1. The Hall–Kier alpha value is -1.87. The number of ether oxygens (including phenoxy) is 1. The van der Waals surface area contributed by atoms with Crippen molar-refractivity contribution in [3.8, 4) is 17.0 Å². The molecule has 0 aliphatic carbocycles. The van der Waals surface area contributed by atoms with Gasteiger partial charge in [-0.05, 0) is 51.5 Å². The third kappa shape index (κ3) is 3.36. The number of aryl methyl sites for hydroxylation is 1. The Bertz CT molecular complexity index is 591. The Morgan fingerprint density at radius 1 is 1.10 bits per heavy atom. The lowest BCUT2D eigenvalue weighted by Gasteiger charge is -2.13. The molecule has 1 aromatic heterocycles. The third-order valence-electron chi connectivity index (χ3n) is 3.12. The average molecular weight is 270 g/mol. The van der Waals surface area contributed by atoms with Gasteiger partial charge in [0.2, 0.25) is 0 Å². The zero-order valence-corrected chi connectivity index (χ0v) is 12.6. The quantitative estimate of drug-likeness (QED) is 0.917. The molecule has 1 unspecified atom stereocenters. The van der Waals surface area contributed by atoms with Crippen LogP contribution in [0.15, 0.2) is 36.4 Å². The van der Waals surface area contributed by atoms with Gasteiger partial charge in [0.1, 0.15) is 5.75 Å². The summed E-state index contributed by atoms with van der Waals surface area (Å²) in [6, 6.07) is 12.1. The fourth-order valence-corrected chi connectivity index (χ4v) is 2.21. The molecular formula is C17H22N2O. The zero-order chi connectivity index (χ0) is 14.7. The fraction of sp³-hybridized carbons (Fsp3) is 0.353. The molecule has 0 saturated carbocycles. The molecule has 20 heavy (non-hydrogen) atoms. The number of hydrogen-bond donors (Lipinski definition) is 1. The second kappa shape index (κ2) is 6.06. The van der Waals surface area contributed by atoms with Crippen molar-refractivity contribution in [2.24, 2.45) is 5.73 Å². The Balaban J connectivity index is 2.34. The summed E-state index contributed by atoms with van der Waals surface area (Å²) in [5, 5.41) is 0. The number of nitrogens with zero attached hydrogens (tertiary/aromatic N) is 1. The van der Waals surface area contributed by atoms with Crippen LogP contribution >= 0.6 is 0 Å². The Morgan fingerprint density at radius 2 is 1.85 bits per heavy atom. The summed E-state index contributed by atoms with van der Waals surface area (Å²) in [5.41, 5.74) is 9.99. The second-order valence-electron chi connectivity index (χ2n) is 5.35. The minimum Gasteiger partial charge on any atom is -0.491 e. The van der Waals surface area contributed by atoms with Crippen molar-refractivity contribution in [3.05, 3.63) is 47.7 Å². The number of rotatable bonds is 4. The van der Waals surface area contributed by atoms with Crippen LogP contribution in [0.4, 0.5) is 0 Å². The zero-order valence-electron chi connectivity index (χ0n) is 12.6. The summed E-state index contributed by atoms with van der Waals surface area (Å²) in [6.07, 6.45) is 0.167. The number of nitrogens with two attached hydrogens (primary N) is 1. The molecule has 1 atom stereocenters. The van der Waals surface area contributed by atoms with Gasteiger partial charge < -0.3 is 10.5 Å². The topological polar surface area (TPSA) is 48.1 Å². The molecule has 0 fully saturated rings. The molecule has 0 aliphatic heterocycles. The van der Waals surface area contributed by atoms with Gasteiger partial charge in [0, 0.05) is 17.3 Å². The SMILES string of the molecule is Cc1nc(-c2cccc(OC(C)C)c2)ccc1C(C)N. The van der Waals surface area contributed by atoms with Crippen LogP contribution in [-0.2, 0) is 0 Å². The highest BCUT2D eigenvalue weighted by Gasteiger charge is 2.08. The molecule has 2 N–H and O–H groups in total. The maximum atomic E-state index is 5.92. The first-order chi connectivity index (χ1) is 9.47. The second-order valence-corrected chi connectivity index (χ2v) is 5.35. The van der Waals surface area contributed by atoms with Crippen molar-refractivity contribution in [1.82, 2.24) is 4.98 Å². The summed E-state index contributed by atoms with van der Waals surface area (Å²) in [5.74, 6) is 0.869. The van der Waals surface area contributed by atoms with Gasteiger partial charge in [-0.2, -0.15) is 0 Å². The molecule has 3 nitrogen and oxygen atoms in total. The smallest absolute Gasteiger partial charge is 0.120 e. The van der Waals surface area contributed by atoms with Gasteiger partial charge in [0.15, 0.2) is 0 Å². The summed E-state index contributed by atoms with van der Waals surface area (Å²) in [6.45, 7) is 8.01. The molecule has 0 spiro atoms. The molecule has 106 valence electrons. The molecule has 0 bridgehead atoms. The summed E-state index contributed by atoms with van der Waals surface area (Å²) in [4.78, 5) is 4.65. The molecular weight excluding hydrogens is 248 g/mol. The first-order valence-corrected chi connectivity index (χ1v) is 6.97. The first-order valence-electron chi connectivity index (χ1n) is 6.97. The molecule has 0 radical (unpaired) electrons. The maximum Gasteiger partial charge on any atom is 0.120 e. The van der Waals surface area contributed by atoms with Crippen LogP contribution in [0.5, 0.6) is 5.75 Å². The summed E-state index contributed by atoms with van der Waals surface area (Å²) in [7, 11) is 0. The van der Waals surface area contributed by atoms with Crippen molar-refractivity contribution in [2.45, 2.75) is 39.8 Å². The number of hydrogen-bond acceptors (Lipinski definition) is 3. The highest BCUT2D eigenvalue weighted by Crippen LogP contribution is 2.25. The lowest BCUT2D eigenvalue weighted by molar-refractivity contribution is 0.242. The van der Waals surface area contributed by atoms with E-state index in [0.29, 0.717) is 0 Å². The highest BCUT2D eigenvalue weighted by molar-refractivity contribution is 5.61. The van der Waals surface area contributed by atoms with E-state index in [2.05, 4.69) is 11.1 Å². The van der Waals surface area contributed by atoms with E-state index in [1.54, 1.807) is 0 Å². The first kappa shape index (κ1) is 14.5. The lowest BCUT2D eigenvalue weighted by Crippen LogP contribution is -2.08. The van der Waals surface area contributed by atoms with Crippen molar-refractivity contribution < 1.29 is 4.74 Å². The molecule has 1 heterocycles. The van der Waals surface area contributed by atoms with Gasteiger partial charge in [-0.25, -0.2) is 0 Å². The molecule has 0 saturated heterocycles. The van der Waals surface area contributed by atoms with Crippen molar-refractivity contribution in [3.63, 3.8) is 0 Å². The van der Waals surface area contributed by atoms with Crippen LogP contribution in [0.2, 0.25) is 0 Å². The van der Waals surface area contributed by atoms with E-state index in [1.165, 1.54) is 0 Å². The standard InChI is InChI=1S/C17H22N2O/c1-11(2)20-15-7-5-6-14(10-15)17-9-8-16(12(3)18)13(4)19-17/h5-12H,18H2,1-4H3. The Kier molecular flexibility index (Phi) is 4.40. The maximum absolute atomic E-state index is 5.92. The van der Waals surface area contributed by atoms with Gasteiger partial charge in [0.25, 0.3) is 0 Å². The van der Waals surface area contributed by atoms with E-state index < -0.39 is 0 Å². The van der Waals surface area contributed by atoms with Crippen molar-refractivity contribution >= 4 is 0 Å². The number of aromatic nitrogens is 1. The third-order valence-corrected chi connectivity index (χ3v) is 3.12.